The van der Waals surface area contributed by atoms with Crippen molar-refractivity contribution in [3.63, 3.8) is 0 Å². The number of benzene rings is 3. The highest BCUT2D eigenvalue weighted by Gasteiger charge is 2.18. The second-order valence-electron chi connectivity index (χ2n) is 10.1. The molecular formula is C32H36Br2O4. The van der Waals surface area contributed by atoms with Crippen molar-refractivity contribution in [3.8, 4) is 0 Å². The molecule has 6 heteroatoms. The third-order valence-corrected chi connectivity index (χ3v) is 8.76. The van der Waals surface area contributed by atoms with Crippen LogP contribution in [0.3, 0.4) is 0 Å². The van der Waals surface area contributed by atoms with E-state index < -0.39 is 0 Å². The van der Waals surface area contributed by atoms with Gasteiger partial charge in [0.2, 0.25) is 0 Å². The summed E-state index contributed by atoms with van der Waals surface area (Å²) in [5.41, 5.74) is 7.72. The summed E-state index contributed by atoms with van der Waals surface area (Å²) >= 11 is 7.67. The van der Waals surface area contributed by atoms with Crippen molar-refractivity contribution in [3.05, 3.63) is 103 Å². The van der Waals surface area contributed by atoms with Gasteiger partial charge < -0.3 is 18.9 Å². The van der Waals surface area contributed by atoms with Gasteiger partial charge in [0.25, 0.3) is 0 Å². The van der Waals surface area contributed by atoms with Crippen LogP contribution in [0.4, 0.5) is 0 Å². The number of hydrogen-bond donors (Lipinski definition) is 0. The third-order valence-electron chi connectivity index (χ3n) is 7.29. The van der Waals surface area contributed by atoms with Crippen molar-refractivity contribution < 1.29 is 18.9 Å². The van der Waals surface area contributed by atoms with Crippen molar-refractivity contribution in [2.45, 2.75) is 63.9 Å². The van der Waals surface area contributed by atoms with Crippen LogP contribution in [0.2, 0.25) is 0 Å². The van der Waals surface area contributed by atoms with Crippen LogP contribution in [-0.4, -0.2) is 26.4 Å². The van der Waals surface area contributed by atoms with Crippen LogP contribution in [0.1, 0.15) is 71.6 Å². The van der Waals surface area contributed by atoms with Gasteiger partial charge in [-0.2, -0.15) is 0 Å². The Labute approximate surface area is 243 Å². The van der Waals surface area contributed by atoms with Gasteiger partial charge >= 0.3 is 0 Å². The van der Waals surface area contributed by atoms with Gasteiger partial charge in [-0.05, 0) is 85.8 Å². The lowest BCUT2D eigenvalue weighted by Crippen LogP contribution is -1.98. The number of rotatable bonds is 12. The summed E-state index contributed by atoms with van der Waals surface area (Å²) in [4.78, 5) is 0. The maximum atomic E-state index is 5.58. The molecule has 2 fully saturated rings. The summed E-state index contributed by atoms with van der Waals surface area (Å²) in [5, 5.41) is 0. The highest BCUT2D eigenvalue weighted by atomic mass is 79.9. The Balaban J connectivity index is 1.02. The van der Waals surface area contributed by atoms with Gasteiger partial charge in [-0.15, -0.1) is 0 Å². The summed E-state index contributed by atoms with van der Waals surface area (Å²) in [6.45, 7) is 2.73. The molecule has 0 aliphatic carbocycles. The van der Waals surface area contributed by atoms with Crippen molar-refractivity contribution >= 4 is 31.9 Å². The maximum absolute atomic E-state index is 5.58. The highest BCUT2D eigenvalue weighted by Crippen LogP contribution is 2.29. The molecule has 2 saturated heterocycles. The summed E-state index contributed by atoms with van der Waals surface area (Å²) in [7, 11) is 0. The first-order valence-corrected chi connectivity index (χ1v) is 15.4. The molecule has 0 amide bonds. The number of hydrogen-bond acceptors (Lipinski definition) is 4. The zero-order valence-corrected chi connectivity index (χ0v) is 25.0. The molecule has 0 N–H and O–H groups in total. The molecule has 0 saturated carbocycles. The number of halogens is 2. The molecule has 0 aromatic heterocycles. The molecule has 38 heavy (non-hydrogen) atoms. The Morgan fingerprint density at radius 3 is 1.21 bits per heavy atom. The Hall–Kier alpha value is -1.54. The van der Waals surface area contributed by atoms with E-state index in [2.05, 4.69) is 92.5 Å². The predicted molar refractivity (Wildman–Crippen MR) is 157 cm³/mol. The number of ether oxygens (including phenoxy) is 4. The fraction of sp³-hybridized carbons (Fsp3) is 0.438. The number of aryl methyl sites for hydroxylation is 4. The lowest BCUT2D eigenvalue weighted by Gasteiger charge is -2.12. The Morgan fingerprint density at radius 1 is 0.500 bits per heavy atom. The SMILES string of the molecule is Brc1cc(CCCCc2ccc(C3OCCO3)cc2)c(Br)cc1CCCCc1ccc(C2OCCO2)cc1. The van der Waals surface area contributed by atoms with E-state index in [-0.39, 0.29) is 12.6 Å². The fourth-order valence-corrected chi connectivity index (χ4v) is 6.26. The number of unbranched alkanes of at least 4 members (excludes halogenated alkanes) is 2. The smallest absolute Gasteiger partial charge is 0.184 e. The quantitative estimate of drug-likeness (QED) is 0.186. The lowest BCUT2D eigenvalue weighted by molar-refractivity contribution is -0.0443. The summed E-state index contributed by atoms with van der Waals surface area (Å²) in [6, 6.07) is 22.0. The molecular weight excluding hydrogens is 608 g/mol. The van der Waals surface area contributed by atoms with Crippen molar-refractivity contribution in [1.82, 2.24) is 0 Å². The minimum absolute atomic E-state index is 0.187. The van der Waals surface area contributed by atoms with Gasteiger partial charge in [-0.1, -0.05) is 80.4 Å². The van der Waals surface area contributed by atoms with E-state index in [1.165, 1.54) is 56.9 Å². The average molecular weight is 644 g/mol. The standard InChI is InChI=1S/C32H36Br2O4/c33-29-22-28(8-4-2-6-24-11-15-26(16-12-24)32-37-19-20-38-32)30(34)21-27(29)7-3-1-5-23-9-13-25(14-10-23)31-35-17-18-36-31/h9-16,21-22,31-32H,1-8,17-20H2. The molecule has 0 radical (unpaired) electrons. The molecule has 0 bridgehead atoms. The zero-order chi connectivity index (χ0) is 26.2. The van der Waals surface area contributed by atoms with Gasteiger partial charge in [-0.3, -0.25) is 0 Å². The lowest BCUT2D eigenvalue weighted by atomic mass is 9.99. The Bertz CT molecular complexity index is 1060. The molecule has 3 aromatic rings. The van der Waals surface area contributed by atoms with Gasteiger partial charge in [0.15, 0.2) is 12.6 Å². The van der Waals surface area contributed by atoms with E-state index in [4.69, 9.17) is 18.9 Å². The zero-order valence-electron chi connectivity index (χ0n) is 21.8. The Kier molecular flexibility index (Phi) is 10.5. The minimum Gasteiger partial charge on any atom is -0.346 e. The van der Waals surface area contributed by atoms with Crippen LogP contribution in [0, 0.1) is 0 Å². The third kappa shape index (κ3) is 7.77. The van der Waals surface area contributed by atoms with Crippen LogP contribution in [0.15, 0.2) is 69.6 Å². The van der Waals surface area contributed by atoms with E-state index in [0.717, 1.165) is 36.8 Å². The van der Waals surface area contributed by atoms with Gasteiger partial charge in [0, 0.05) is 20.1 Å². The molecule has 0 unspecified atom stereocenters. The molecule has 0 atom stereocenters. The normalized spacial score (nSPS) is 16.5. The largest absolute Gasteiger partial charge is 0.346 e. The van der Waals surface area contributed by atoms with E-state index in [1.807, 2.05) is 0 Å². The van der Waals surface area contributed by atoms with Crippen LogP contribution >= 0.6 is 31.9 Å². The monoisotopic (exact) mass is 642 g/mol. The van der Waals surface area contributed by atoms with E-state index in [0.29, 0.717) is 26.4 Å². The fourth-order valence-electron chi connectivity index (χ4n) is 5.09. The average Bonchev–Trinajstić information content (AvgIpc) is 3.67. The van der Waals surface area contributed by atoms with Crippen LogP contribution in [-0.2, 0) is 44.6 Å². The van der Waals surface area contributed by atoms with Gasteiger partial charge in [0.1, 0.15) is 0 Å². The van der Waals surface area contributed by atoms with Gasteiger partial charge in [0.05, 0.1) is 26.4 Å². The molecule has 2 heterocycles. The minimum atomic E-state index is -0.187. The van der Waals surface area contributed by atoms with Crippen molar-refractivity contribution in [1.29, 1.82) is 0 Å². The van der Waals surface area contributed by atoms with Crippen molar-refractivity contribution in [2.75, 3.05) is 26.4 Å². The van der Waals surface area contributed by atoms with E-state index in [1.54, 1.807) is 0 Å². The summed E-state index contributed by atoms with van der Waals surface area (Å²) < 4.78 is 24.8. The van der Waals surface area contributed by atoms with Crippen LogP contribution in [0.25, 0.3) is 0 Å². The molecule has 3 aromatic carbocycles. The topological polar surface area (TPSA) is 36.9 Å². The van der Waals surface area contributed by atoms with E-state index in [9.17, 15) is 0 Å². The highest BCUT2D eigenvalue weighted by molar-refractivity contribution is 9.11. The molecule has 202 valence electrons. The first kappa shape index (κ1) is 28.0. The molecule has 5 rings (SSSR count). The van der Waals surface area contributed by atoms with E-state index >= 15 is 0 Å². The maximum Gasteiger partial charge on any atom is 0.184 e. The first-order valence-electron chi connectivity index (χ1n) is 13.8. The summed E-state index contributed by atoms with van der Waals surface area (Å²) in [5.74, 6) is 0. The summed E-state index contributed by atoms with van der Waals surface area (Å²) in [6.07, 6.45) is 8.64. The predicted octanol–water partition coefficient (Wildman–Crippen LogP) is 8.43. The molecule has 4 nitrogen and oxygen atoms in total. The second-order valence-corrected chi connectivity index (χ2v) is 11.8. The molecule has 0 spiro atoms. The molecule has 2 aliphatic rings. The van der Waals surface area contributed by atoms with Gasteiger partial charge in [-0.25, -0.2) is 0 Å². The van der Waals surface area contributed by atoms with Crippen LogP contribution in [0.5, 0.6) is 0 Å². The Morgan fingerprint density at radius 2 is 0.842 bits per heavy atom. The first-order chi connectivity index (χ1) is 18.7. The van der Waals surface area contributed by atoms with Crippen LogP contribution < -0.4 is 0 Å². The molecule has 2 aliphatic heterocycles. The second kappa shape index (κ2) is 14.2. The van der Waals surface area contributed by atoms with Crippen molar-refractivity contribution in [2.24, 2.45) is 0 Å².